The predicted octanol–water partition coefficient (Wildman–Crippen LogP) is 0.197. The first-order chi connectivity index (χ1) is 3.93. The zero-order valence-corrected chi connectivity index (χ0v) is 4.93. The van der Waals surface area contributed by atoms with Gasteiger partial charge in [-0.3, -0.25) is 10.2 Å². The minimum absolute atomic E-state index is 0.965. The number of hydrogen-bond acceptors (Lipinski definition) is 2. The van der Waals surface area contributed by atoms with Gasteiger partial charge in [-0.05, 0) is 0 Å². The summed E-state index contributed by atoms with van der Waals surface area (Å²) < 4.78 is 0. The first-order valence-corrected chi connectivity index (χ1v) is 2.85. The SMILES string of the molecule is C=CCN1[CH]NCC1. The summed E-state index contributed by atoms with van der Waals surface area (Å²) in [5, 5.41) is 3.11. The Labute approximate surface area is 50.2 Å². The molecule has 1 heterocycles. The molecule has 1 aliphatic heterocycles. The molecule has 1 radical (unpaired) electrons. The Balaban J connectivity index is 2.14. The molecule has 0 saturated carbocycles. The van der Waals surface area contributed by atoms with Gasteiger partial charge in [0.15, 0.2) is 0 Å². The molecular weight excluding hydrogens is 100 g/mol. The summed E-state index contributed by atoms with van der Waals surface area (Å²) in [6.45, 7) is 8.80. The van der Waals surface area contributed by atoms with Crippen molar-refractivity contribution in [1.29, 1.82) is 0 Å². The highest BCUT2D eigenvalue weighted by atomic mass is 15.3. The standard InChI is InChI=1S/C6H11N2/c1-2-4-8-5-3-7-6-8/h2,6-7H,1,3-5H2. The molecule has 0 aliphatic carbocycles. The van der Waals surface area contributed by atoms with Crippen LogP contribution in [0.4, 0.5) is 0 Å². The maximum atomic E-state index is 3.63. The molecule has 0 bridgehead atoms. The van der Waals surface area contributed by atoms with Crippen molar-refractivity contribution in [2.24, 2.45) is 0 Å². The summed E-state index contributed by atoms with van der Waals surface area (Å²) in [5.74, 6) is 0. The van der Waals surface area contributed by atoms with Crippen LogP contribution in [-0.2, 0) is 0 Å². The van der Waals surface area contributed by atoms with Gasteiger partial charge in [0, 0.05) is 19.6 Å². The maximum Gasteiger partial charge on any atom is 0.0897 e. The highest BCUT2D eigenvalue weighted by Gasteiger charge is 2.07. The van der Waals surface area contributed by atoms with Crippen molar-refractivity contribution in [2.75, 3.05) is 19.6 Å². The minimum Gasteiger partial charge on any atom is -0.298 e. The summed E-state index contributed by atoms with van der Waals surface area (Å²) >= 11 is 0. The lowest BCUT2D eigenvalue weighted by molar-refractivity contribution is 0.432. The Kier molecular flexibility index (Phi) is 2.06. The fraction of sp³-hybridized carbons (Fsp3) is 0.500. The lowest BCUT2D eigenvalue weighted by Crippen LogP contribution is -2.16. The van der Waals surface area contributed by atoms with Crippen LogP contribution in [0.2, 0.25) is 0 Å². The van der Waals surface area contributed by atoms with Gasteiger partial charge in [-0.15, -0.1) is 6.58 Å². The lowest BCUT2D eigenvalue weighted by Gasteiger charge is -2.07. The van der Waals surface area contributed by atoms with Gasteiger partial charge < -0.3 is 0 Å². The maximum absolute atomic E-state index is 3.63. The monoisotopic (exact) mass is 111 g/mol. The van der Waals surface area contributed by atoms with Gasteiger partial charge in [0.05, 0.1) is 6.67 Å². The summed E-state index contributed by atoms with van der Waals surface area (Å²) in [4.78, 5) is 2.19. The Morgan fingerprint density at radius 2 is 2.75 bits per heavy atom. The summed E-state index contributed by atoms with van der Waals surface area (Å²) in [5.41, 5.74) is 0. The van der Waals surface area contributed by atoms with Crippen molar-refractivity contribution < 1.29 is 0 Å². The summed E-state index contributed by atoms with van der Waals surface area (Å²) in [7, 11) is 0. The number of nitrogens with zero attached hydrogens (tertiary/aromatic N) is 1. The molecule has 1 fully saturated rings. The van der Waals surface area contributed by atoms with E-state index in [1.54, 1.807) is 0 Å². The van der Waals surface area contributed by atoms with Crippen LogP contribution in [0.5, 0.6) is 0 Å². The lowest BCUT2D eigenvalue weighted by atomic mass is 10.5. The molecule has 2 heteroatoms. The van der Waals surface area contributed by atoms with Crippen molar-refractivity contribution >= 4 is 0 Å². The molecule has 1 aliphatic rings. The third kappa shape index (κ3) is 1.32. The van der Waals surface area contributed by atoms with E-state index >= 15 is 0 Å². The summed E-state index contributed by atoms with van der Waals surface area (Å²) in [6, 6.07) is 0. The van der Waals surface area contributed by atoms with Crippen LogP contribution >= 0.6 is 0 Å². The second-order valence-corrected chi connectivity index (χ2v) is 1.87. The summed E-state index contributed by atoms with van der Waals surface area (Å²) in [6.07, 6.45) is 1.91. The molecule has 0 aromatic carbocycles. The molecule has 0 aromatic rings. The van der Waals surface area contributed by atoms with Gasteiger partial charge in [-0.2, -0.15) is 0 Å². The number of nitrogens with one attached hydrogen (secondary N) is 1. The Hall–Kier alpha value is -0.340. The van der Waals surface area contributed by atoms with Crippen molar-refractivity contribution in [2.45, 2.75) is 0 Å². The molecule has 0 atom stereocenters. The van der Waals surface area contributed by atoms with Gasteiger partial charge in [0.25, 0.3) is 0 Å². The molecule has 0 amide bonds. The quantitative estimate of drug-likeness (QED) is 0.512. The van der Waals surface area contributed by atoms with Crippen LogP contribution in [0.25, 0.3) is 0 Å². The largest absolute Gasteiger partial charge is 0.298 e. The van der Waals surface area contributed by atoms with E-state index in [1.165, 1.54) is 0 Å². The van der Waals surface area contributed by atoms with Gasteiger partial charge in [0.2, 0.25) is 0 Å². The van der Waals surface area contributed by atoms with Gasteiger partial charge >= 0.3 is 0 Å². The van der Waals surface area contributed by atoms with E-state index in [4.69, 9.17) is 0 Å². The molecule has 0 aromatic heterocycles. The Morgan fingerprint density at radius 3 is 3.25 bits per heavy atom. The molecular formula is C6H11N2. The zero-order chi connectivity index (χ0) is 5.82. The molecule has 45 valence electrons. The predicted molar refractivity (Wildman–Crippen MR) is 34.1 cm³/mol. The third-order valence-corrected chi connectivity index (χ3v) is 1.18. The van der Waals surface area contributed by atoms with Gasteiger partial charge in [-0.25, -0.2) is 0 Å². The van der Waals surface area contributed by atoms with Crippen LogP contribution in [0.1, 0.15) is 0 Å². The average molecular weight is 111 g/mol. The Morgan fingerprint density at radius 1 is 1.88 bits per heavy atom. The number of hydrogen-bond donors (Lipinski definition) is 1. The normalized spacial score (nSPS) is 21.5. The van der Waals surface area contributed by atoms with Crippen LogP contribution in [-0.4, -0.2) is 24.5 Å². The first kappa shape index (κ1) is 5.79. The van der Waals surface area contributed by atoms with E-state index in [1.807, 2.05) is 12.7 Å². The first-order valence-electron chi connectivity index (χ1n) is 2.85. The topological polar surface area (TPSA) is 15.3 Å². The molecule has 0 spiro atoms. The van der Waals surface area contributed by atoms with E-state index in [2.05, 4.69) is 16.8 Å². The fourth-order valence-electron chi connectivity index (χ4n) is 0.776. The van der Waals surface area contributed by atoms with Crippen LogP contribution in [0.3, 0.4) is 0 Å². The molecule has 0 unspecified atom stereocenters. The van der Waals surface area contributed by atoms with E-state index in [0.29, 0.717) is 0 Å². The van der Waals surface area contributed by atoms with Gasteiger partial charge in [0.1, 0.15) is 0 Å². The van der Waals surface area contributed by atoms with Crippen molar-refractivity contribution in [3.8, 4) is 0 Å². The smallest absolute Gasteiger partial charge is 0.0897 e. The zero-order valence-electron chi connectivity index (χ0n) is 4.93. The van der Waals surface area contributed by atoms with Gasteiger partial charge in [-0.1, -0.05) is 6.08 Å². The fourth-order valence-corrected chi connectivity index (χ4v) is 0.776. The van der Waals surface area contributed by atoms with E-state index in [9.17, 15) is 0 Å². The minimum atomic E-state index is 0.965. The molecule has 2 nitrogen and oxygen atoms in total. The van der Waals surface area contributed by atoms with Crippen molar-refractivity contribution in [3.05, 3.63) is 19.3 Å². The molecule has 1 rings (SSSR count). The molecule has 8 heavy (non-hydrogen) atoms. The van der Waals surface area contributed by atoms with Crippen LogP contribution < -0.4 is 5.32 Å². The van der Waals surface area contributed by atoms with Crippen molar-refractivity contribution in [1.82, 2.24) is 10.2 Å². The van der Waals surface area contributed by atoms with E-state index in [-0.39, 0.29) is 0 Å². The van der Waals surface area contributed by atoms with Crippen LogP contribution in [0.15, 0.2) is 12.7 Å². The number of rotatable bonds is 2. The molecule has 1 saturated heterocycles. The molecule has 1 N–H and O–H groups in total. The highest BCUT2D eigenvalue weighted by molar-refractivity contribution is 4.82. The second kappa shape index (κ2) is 2.84. The van der Waals surface area contributed by atoms with Crippen molar-refractivity contribution in [3.63, 3.8) is 0 Å². The third-order valence-electron chi connectivity index (χ3n) is 1.18. The Bertz CT molecular complexity index is 74.6. The second-order valence-electron chi connectivity index (χ2n) is 1.87. The van der Waals surface area contributed by atoms with E-state index < -0.39 is 0 Å². The highest BCUT2D eigenvalue weighted by Crippen LogP contribution is 1.94. The van der Waals surface area contributed by atoms with Crippen LogP contribution in [0, 0.1) is 6.67 Å². The average Bonchev–Trinajstić information content (AvgIpc) is 2.19. The van der Waals surface area contributed by atoms with E-state index in [0.717, 1.165) is 19.6 Å².